The fourth-order valence-corrected chi connectivity index (χ4v) is 3.41. The molecule has 2 aromatic carbocycles. The summed E-state index contributed by atoms with van der Waals surface area (Å²) in [7, 11) is 0. The van der Waals surface area contributed by atoms with Crippen LogP contribution in [0.2, 0.25) is 0 Å². The number of hydrogen-bond acceptors (Lipinski definition) is 4. The van der Waals surface area contributed by atoms with E-state index in [-0.39, 0.29) is 23.1 Å². The zero-order valence-electron chi connectivity index (χ0n) is 16.5. The van der Waals surface area contributed by atoms with Gasteiger partial charge in [0.05, 0.1) is 11.8 Å². The van der Waals surface area contributed by atoms with Gasteiger partial charge in [-0.1, -0.05) is 93.2 Å². The molecule has 3 rings (SSSR count). The molecular formula is C22H26N4OS. The van der Waals surface area contributed by atoms with Gasteiger partial charge in [0, 0.05) is 5.41 Å². The van der Waals surface area contributed by atoms with Crippen molar-refractivity contribution in [1.82, 2.24) is 20.5 Å². The Bertz CT molecular complexity index is 888. The van der Waals surface area contributed by atoms with Gasteiger partial charge < -0.3 is 5.32 Å². The van der Waals surface area contributed by atoms with Crippen molar-refractivity contribution in [2.24, 2.45) is 0 Å². The molecular weight excluding hydrogens is 368 g/mol. The number of rotatable bonds is 7. The first-order valence-electron chi connectivity index (χ1n) is 9.36. The summed E-state index contributed by atoms with van der Waals surface area (Å²) in [6.07, 6.45) is 0.746. The molecule has 0 aliphatic heterocycles. The molecule has 0 aliphatic carbocycles. The minimum absolute atomic E-state index is 0.0307. The number of nitrogens with zero attached hydrogens (tertiary/aromatic N) is 2. The second-order valence-electron chi connectivity index (χ2n) is 7.73. The van der Waals surface area contributed by atoms with Gasteiger partial charge in [0.15, 0.2) is 0 Å². The summed E-state index contributed by atoms with van der Waals surface area (Å²) in [5.41, 5.74) is 2.19. The van der Waals surface area contributed by atoms with E-state index in [4.69, 9.17) is 0 Å². The summed E-state index contributed by atoms with van der Waals surface area (Å²) in [6.45, 7) is 6.22. The van der Waals surface area contributed by atoms with Crippen LogP contribution in [0.25, 0.3) is 0 Å². The van der Waals surface area contributed by atoms with Gasteiger partial charge in [-0.2, -0.15) is 0 Å². The van der Waals surface area contributed by atoms with Crippen LogP contribution in [0.3, 0.4) is 0 Å². The quantitative estimate of drug-likeness (QED) is 0.586. The molecule has 0 saturated carbocycles. The van der Waals surface area contributed by atoms with Crippen molar-refractivity contribution in [3.8, 4) is 0 Å². The van der Waals surface area contributed by atoms with Crippen molar-refractivity contribution in [3.63, 3.8) is 0 Å². The number of benzene rings is 2. The topological polar surface area (TPSA) is 70.7 Å². The number of aromatic nitrogens is 3. The fourth-order valence-electron chi connectivity index (χ4n) is 2.80. The van der Waals surface area contributed by atoms with Crippen molar-refractivity contribution in [1.29, 1.82) is 0 Å². The number of hydrogen-bond donors (Lipinski definition) is 2. The van der Waals surface area contributed by atoms with Crippen LogP contribution in [0, 0.1) is 0 Å². The van der Waals surface area contributed by atoms with E-state index in [2.05, 4.69) is 53.4 Å². The standard InChI is InChI=1S/C22H26N4OS/c1-22(2,3)20-24-21(26-25-20)28-15-19(27)23-18(17-12-8-5-9-13-17)14-16-10-6-4-7-11-16/h4-13,18H,14-15H2,1-3H3,(H,23,27)(H,24,25,26). The van der Waals surface area contributed by atoms with Crippen LogP contribution < -0.4 is 5.32 Å². The van der Waals surface area contributed by atoms with E-state index in [0.717, 1.165) is 17.8 Å². The van der Waals surface area contributed by atoms with Crippen molar-refractivity contribution in [3.05, 3.63) is 77.6 Å². The van der Waals surface area contributed by atoms with E-state index < -0.39 is 0 Å². The smallest absolute Gasteiger partial charge is 0.230 e. The summed E-state index contributed by atoms with van der Waals surface area (Å²) in [5.74, 6) is 1.07. The SMILES string of the molecule is CC(C)(C)c1nc(SCC(=O)NC(Cc2ccccc2)c2ccccc2)n[nH]1. The highest BCUT2D eigenvalue weighted by atomic mass is 32.2. The summed E-state index contributed by atoms with van der Waals surface area (Å²) in [4.78, 5) is 17.1. The van der Waals surface area contributed by atoms with Gasteiger partial charge in [-0.3, -0.25) is 9.89 Å². The minimum atomic E-state index is -0.0951. The molecule has 1 unspecified atom stereocenters. The molecule has 0 fully saturated rings. The largest absolute Gasteiger partial charge is 0.348 e. The highest BCUT2D eigenvalue weighted by Crippen LogP contribution is 2.22. The van der Waals surface area contributed by atoms with Crippen LogP contribution >= 0.6 is 11.8 Å². The van der Waals surface area contributed by atoms with Crippen LogP contribution in [0.15, 0.2) is 65.8 Å². The summed E-state index contributed by atoms with van der Waals surface area (Å²) >= 11 is 1.34. The molecule has 0 spiro atoms. The van der Waals surface area contributed by atoms with Crippen LogP contribution in [0.4, 0.5) is 0 Å². The Morgan fingerprint density at radius 1 is 1.07 bits per heavy atom. The Morgan fingerprint density at radius 2 is 1.71 bits per heavy atom. The zero-order valence-corrected chi connectivity index (χ0v) is 17.3. The zero-order chi connectivity index (χ0) is 20.0. The van der Waals surface area contributed by atoms with E-state index in [1.807, 2.05) is 48.5 Å². The molecule has 2 N–H and O–H groups in total. The highest BCUT2D eigenvalue weighted by molar-refractivity contribution is 7.99. The van der Waals surface area contributed by atoms with Gasteiger partial charge in [-0.25, -0.2) is 4.98 Å². The Balaban J connectivity index is 1.63. The maximum absolute atomic E-state index is 12.6. The third-order valence-corrected chi connectivity index (χ3v) is 5.17. The molecule has 28 heavy (non-hydrogen) atoms. The highest BCUT2D eigenvalue weighted by Gasteiger charge is 2.20. The molecule has 0 aliphatic rings. The lowest BCUT2D eigenvalue weighted by atomic mass is 9.96. The predicted molar refractivity (Wildman–Crippen MR) is 113 cm³/mol. The normalized spacial score (nSPS) is 12.5. The average molecular weight is 395 g/mol. The minimum Gasteiger partial charge on any atom is -0.348 e. The average Bonchev–Trinajstić information content (AvgIpc) is 3.17. The van der Waals surface area contributed by atoms with Gasteiger partial charge in [0.1, 0.15) is 5.82 Å². The van der Waals surface area contributed by atoms with Crippen molar-refractivity contribution in [2.75, 3.05) is 5.75 Å². The second kappa shape index (κ2) is 9.06. The second-order valence-corrected chi connectivity index (χ2v) is 8.67. The van der Waals surface area contributed by atoms with Gasteiger partial charge in [-0.15, -0.1) is 5.10 Å². The number of carbonyl (C=O) groups excluding carboxylic acids is 1. The van der Waals surface area contributed by atoms with Crippen LogP contribution in [-0.4, -0.2) is 26.8 Å². The van der Waals surface area contributed by atoms with E-state index in [1.165, 1.54) is 17.3 Å². The molecule has 0 saturated heterocycles. The molecule has 1 heterocycles. The maximum Gasteiger partial charge on any atom is 0.230 e. The summed E-state index contributed by atoms with van der Waals surface area (Å²) < 4.78 is 0. The molecule has 1 atom stereocenters. The van der Waals surface area contributed by atoms with Gasteiger partial charge in [-0.05, 0) is 17.5 Å². The lowest BCUT2D eigenvalue weighted by Gasteiger charge is -2.19. The number of nitrogens with one attached hydrogen (secondary N) is 2. The lowest BCUT2D eigenvalue weighted by Crippen LogP contribution is -2.31. The number of aromatic amines is 1. The number of H-pyrrole nitrogens is 1. The van der Waals surface area contributed by atoms with Crippen LogP contribution in [0.1, 0.15) is 43.8 Å². The first kappa shape index (κ1) is 20.1. The molecule has 0 bridgehead atoms. The Hall–Kier alpha value is -2.60. The summed E-state index contributed by atoms with van der Waals surface area (Å²) in [6, 6.07) is 20.2. The van der Waals surface area contributed by atoms with Crippen LogP contribution in [-0.2, 0) is 16.6 Å². The molecule has 3 aromatic rings. The number of thioether (sulfide) groups is 1. The molecule has 6 heteroatoms. The summed E-state index contributed by atoms with van der Waals surface area (Å²) in [5, 5.41) is 10.9. The number of carbonyl (C=O) groups is 1. The van der Waals surface area contributed by atoms with Gasteiger partial charge in [0.2, 0.25) is 11.1 Å². The van der Waals surface area contributed by atoms with Gasteiger partial charge >= 0.3 is 0 Å². The van der Waals surface area contributed by atoms with Crippen LogP contribution in [0.5, 0.6) is 0 Å². The predicted octanol–water partition coefficient (Wildman–Crippen LogP) is 4.29. The van der Waals surface area contributed by atoms with E-state index in [9.17, 15) is 4.79 Å². The Labute approximate surface area is 170 Å². The van der Waals surface area contributed by atoms with Gasteiger partial charge in [0.25, 0.3) is 0 Å². The van der Waals surface area contributed by atoms with Crippen molar-refractivity contribution in [2.45, 2.75) is 43.8 Å². The number of amides is 1. The first-order chi connectivity index (χ1) is 13.4. The van der Waals surface area contributed by atoms with Crippen molar-refractivity contribution < 1.29 is 4.79 Å². The fraction of sp³-hybridized carbons (Fsp3) is 0.318. The first-order valence-corrected chi connectivity index (χ1v) is 10.3. The molecule has 1 aromatic heterocycles. The molecule has 5 nitrogen and oxygen atoms in total. The maximum atomic E-state index is 12.6. The van der Waals surface area contributed by atoms with Crippen molar-refractivity contribution >= 4 is 17.7 Å². The monoisotopic (exact) mass is 394 g/mol. The Morgan fingerprint density at radius 3 is 2.32 bits per heavy atom. The third kappa shape index (κ3) is 5.70. The molecule has 146 valence electrons. The van der Waals surface area contributed by atoms with E-state index >= 15 is 0 Å². The third-order valence-electron chi connectivity index (χ3n) is 4.33. The molecule has 0 radical (unpaired) electrons. The van der Waals surface area contributed by atoms with E-state index in [0.29, 0.717) is 5.16 Å². The Kier molecular flexibility index (Phi) is 6.52. The van der Waals surface area contributed by atoms with E-state index in [1.54, 1.807) is 0 Å². The lowest BCUT2D eigenvalue weighted by molar-refractivity contribution is -0.119. The molecule has 1 amide bonds.